The van der Waals surface area contributed by atoms with E-state index in [-0.39, 0.29) is 24.6 Å². The Morgan fingerprint density at radius 2 is 1.58 bits per heavy atom. The topological polar surface area (TPSA) is 59.0 Å². The van der Waals surface area contributed by atoms with Crippen LogP contribution in [0.5, 0.6) is 5.75 Å². The smallest absolute Gasteiger partial charge is 0.338 e. The fourth-order valence-corrected chi connectivity index (χ4v) is 4.88. The van der Waals surface area contributed by atoms with E-state index in [9.17, 15) is 9.90 Å². The predicted octanol–water partition coefficient (Wildman–Crippen LogP) is 7.10. The lowest BCUT2D eigenvalue weighted by molar-refractivity contribution is 0.0459. The molecule has 1 saturated heterocycles. The summed E-state index contributed by atoms with van der Waals surface area (Å²) in [6, 6.07) is 20.4. The lowest BCUT2D eigenvalue weighted by atomic mass is 9.83. The average Bonchev–Trinajstić information content (AvgIpc) is 3.45. The molecule has 4 rings (SSSR count). The van der Waals surface area contributed by atoms with E-state index in [4.69, 9.17) is 9.47 Å². The van der Waals surface area contributed by atoms with Crippen LogP contribution < -0.4 is 9.64 Å². The van der Waals surface area contributed by atoms with Crippen LogP contribution in [-0.2, 0) is 10.2 Å². The molecule has 1 N–H and O–H groups in total. The van der Waals surface area contributed by atoms with E-state index in [0.29, 0.717) is 18.1 Å². The van der Waals surface area contributed by atoms with E-state index in [1.54, 1.807) is 0 Å². The van der Waals surface area contributed by atoms with Crippen molar-refractivity contribution in [2.75, 3.05) is 37.8 Å². The van der Waals surface area contributed by atoms with Crippen molar-refractivity contribution in [3.63, 3.8) is 0 Å². The molecule has 0 radical (unpaired) electrons. The third-order valence-electron chi connectivity index (χ3n) is 6.89. The predicted molar refractivity (Wildman–Crippen MR) is 155 cm³/mol. The highest BCUT2D eigenvalue weighted by Crippen LogP contribution is 2.40. The van der Waals surface area contributed by atoms with Crippen molar-refractivity contribution in [3.8, 4) is 28.0 Å². The summed E-state index contributed by atoms with van der Waals surface area (Å²) in [5.74, 6) is 0.739. The van der Waals surface area contributed by atoms with Gasteiger partial charge in [-0.25, -0.2) is 4.79 Å². The molecule has 3 aromatic rings. The largest absolute Gasteiger partial charge is 0.491 e. The first-order chi connectivity index (χ1) is 18.2. The van der Waals surface area contributed by atoms with Gasteiger partial charge in [0.15, 0.2) is 0 Å². The molecule has 0 atom stereocenters. The van der Waals surface area contributed by atoms with Gasteiger partial charge in [0.05, 0.1) is 18.8 Å². The highest BCUT2D eigenvalue weighted by molar-refractivity contribution is 5.90. The number of hydrogen-bond acceptors (Lipinski definition) is 5. The summed E-state index contributed by atoms with van der Waals surface area (Å²) in [7, 11) is 0. The molecule has 202 valence electrons. The summed E-state index contributed by atoms with van der Waals surface area (Å²) >= 11 is 0. The zero-order valence-electron chi connectivity index (χ0n) is 23.4. The molecule has 3 aromatic carbocycles. The maximum absolute atomic E-state index is 12.4. The van der Waals surface area contributed by atoms with Crippen molar-refractivity contribution in [2.24, 2.45) is 5.92 Å². The van der Waals surface area contributed by atoms with Crippen molar-refractivity contribution in [1.82, 2.24) is 0 Å². The van der Waals surface area contributed by atoms with Gasteiger partial charge in [0, 0.05) is 24.3 Å². The van der Waals surface area contributed by atoms with Crippen molar-refractivity contribution in [2.45, 2.75) is 52.9 Å². The molecule has 0 aliphatic carbocycles. The summed E-state index contributed by atoms with van der Waals surface area (Å²) in [6.45, 7) is 13.6. The molecule has 0 unspecified atom stereocenters. The number of anilines is 1. The van der Waals surface area contributed by atoms with E-state index in [1.165, 1.54) is 24.1 Å². The number of nitrogens with zero attached hydrogens (tertiary/aromatic N) is 1. The molecule has 1 aliphatic rings. The quantitative estimate of drug-likeness (QED) is 0.308. The first kappa shape index (κ1) is 27.7. The minimum Gasteiger partial charge on any atom is -0.491 e. The fourth-order valence-electron chi connectivity index (χ4n) is 4.88. The molecule has 5 nitrogen and oxygen atoms in total. The number of carbonyl (C=O) groups is 1. The third-order valence-corrected chi connectivity index (χ3v) is 6.89. The summed E-state index contributed by atoms with van der Waals surface area (Å²) < 4.78 is 11.3. The maximum Gasteiger partial charge on any atom is 0.338 e. The second-order valence-corrected chi connectivity index (χ2v) is 11.5. The van der Waals surface area contributed by atoms with Crippen LogP contribution in [0.1, 0.15) is 63.4 Å². The Kier molecular flexibility index (Phi) is 8.78. The van der Waals surface area contributed by atoms with Gasteiger partial charge in [-0.3, -0.25) is 0 Å². The van der Waals surface area contributed by atoms with Crippen LogP contribution in [0.15, 0.2) is 60.7 Å². The molecule has 0 spiro atoms. The fraction of sp³-hybridized carbons (Fsp3) is 0.424. The number of hydrogen-bond donors (Lipinski definition) is 1. The lowest BCUT2D eigenvalue weighted by Gasteiger charge is -2.29. The number of benzene rings is 3. The van der Waals surface area contributed by atoms with Crippen molar-refractivity contribution in [1.29, 1.82) is 0 Å². The molecule has 0 bridgehead atoms. The van der Waals surface area contributed by atoms with E-state index in [2.05, 4.69) is 49.9 Å². The third kappa shape index (κ3) is 6.57. The number of carbonyl (C=O) groups excluding carboxylic acids is 1. The Balaban J connectivity index is 1.71. The van der Waals surface area contributed by atoms with Crippen LogP contribution in [0, 0.1) is 5.92 Å². The minimum atomic E-state index is -0.300. The van der Waals surface area contributed by atoms with Gasteiger partial charge in [0.25, 0.3) is 0 Å². The molecule has 1 heterocycles. The van der Waals surface area contributed by atoms with Gasteiger partial charge in [0.2, 0.25) is 0 Å². The maximum atomic E-state index is 12.4. The molecule has 0 amide bonds. The number of ether oxygens (including phenoxy) is 2. The molecule has 38 heavy (non-hydrogen) atoms. The Morgan fingerprint density at radius 1 is 0.921 bits per heavy atom. The molecule has 1 aliphatic heterocycles. The zero-order chi connectivity index (χ0) is 27.3. The molecule has 5 heteroatoms. The Hall–Kier alpha value is -3.31. The number of rotatable bonds is 9. The second-order valence-electron chi connectivity index (χ2n) is 11.5. The van der Waals surface area contributed by atoms with Gasteiger partial charge >= 0.3 is 5.97 Å². The zero-order valence-corrected chi connectivity index (χ0v) is 23.4. The minimum absolute atomic E-state index is 0.0162. The average molecular weight is 516 g/mol. The van der Waals surface area contributed by atoms with Gasteiger partial charge in [-0.1, -0.05) is 58.9 Å². The highest BCUT2D eigenvalue weighted by Gasteiger charge is 2.24. The van der Waals surface area contributed by atoms with Gasteiger partial charge < -0.3 is 19.5 Å². The standard InChI is InChI=1S/C33H41NO4/c1-23(2)22-38-32(36)25-10-8-24(9-11-25)26-13-15-31(37-19-18-35)28(20-26)27-12-14-30(34-16-6-7-17-34)29(21-27)33(3,4)5/h8-15,20-21,23,35H,6-7,16-19,22H2,1-5H3. The SMILES string of the molecule is CC(C)COC(=O)c1ccc(-c2ccc(OCCO)c(-c3ccc(N4CCCC4)c(C(C)(C)C)c3)c2)cc1. The van der Waals surface area contributed by atoms with Gasteiger partial charge in [-0.15, -0.1) is 0 Å². The molecule has 1 fully saturated rings. The normalized spacial score (nSPS) is 13.7. The Bertz CT molecular complexity index is 1230. The van der Waals surface area contributed by atoms with E-state index >= 15 is 0 Å². The second kappa shape index (κ2) is 12.0. The molecular weight excluding hydrogens is 474 g/mol. The molecular formula is C33H41NO4. The van der Waals surface area contributed by atoms with Crippen molar-refractivity contribution in [3.05, 3.63) is 71.8 Å². The summed E-state index contributed by atoms with van der Waals surface area (Å²) in [6.07, 6.45) is 2.47. The van der Waals surface area contributed by atoms with Gasteiger partial charge in [-0.2, -0.15) is 0 Å². The summed E-state index contributed by atoms with van der Waals surface area (Å²) in [5.41, 5.74) is 7.26. The summed E-state index contributed by atoms with van der Waals surface area (Å²) in [5, 5.41) is 9.40. The van der Waals surface area contributed by atoms with E-state index < -0.39 is 0 Å². The Labute approximate surface area is 227 Å². The number of aliphatic hydroxyl groups excluding tert-OH is 1. The van der Waals surface area contributed by atoms with E-state index in [1.807, 2.05) is 50.2 Å². The van der Waals surface area contributed by atoms with Crippen LogP contribution in [0.25, 0.3) is 22.3 Å². The van der Waals surface area contributed by atoms with Crippen LogP contribution in [-0.4, -0.2) is 44.0 Å². The first-order valence-corrected chi connectivity index (χ1v) is 13.7. The van der Waals surface area contributed by atoms with Crippen molar-refractivity contribution >= 4 is 11.7 Å². The van der Waals surface area contributed by atoms with Crippen LogP contribution in [0.2, 0.25) is 0 Å². The van der Waals surface area contributed by atoms with Gasteiger partial charge in [0.1, 0.15) is 12.4 Å². The van der Waals surface area contributed by atoms with Crippen LogP contribution in [0.3, 0.4) is 0 Å². The van der Waals surface area contributed by atoms with Gasteiger partial charge in [-0.05, 0) is 82.8 Å². The number of esters is 1. The monoisotopic (exact) mass is 515 g/mol. The van der Waals surface area contributed by atoms with E-state index in [0.717, 1.165) is 41.1 Å². The summed E-state index contributed by atoms with van der Waals surface area (Å²) in [4.78, 5) is 14.9. The molecule has 0 aromatic heterocycles. The first-order valence-electron chi connectivity index (χ1n) is 13.7. The van der Waals surface area contributed by atoms with Crippen LogP contribution >= 0.6 is 0 Å². The van der Waals surface area contributed by atoms with Crippen LogP contribution in [0.4, 0.5) is 5.69 Å². The highest BCUT2D eigenvalue weighted by atomic mass is 16.5. The van der Waals surface area contributed by atoms with Crippen molar-refractivity contribution < 1.29 is 19.4 Å². The lowest BCUT2D eigenvalue weighted by Crippen LogP contribution is -2.23. The molecule has 0 saturated carbocycles. The number of aliphatic hydroxyl groups is 1. The Morgan fingerprint density at radius 3 is 2.21 bits per heavy atom.